The Morgan fingerprint density at radius 2 is 2.17 bits per heavy atom. The van der Waals surface area contributed by atoms with Crippen molar-refractivity contribution in [3.63, 3.8) is 0 Å². The Kier molecular flexibility index (Phi) is 6.20. The van der Waals surface area contributed by atoms with E-state index in [4.69, 9.17) is 10.5 Å². The number of carbonyl (C=O) groups excluding carboxylic acids is 1. The molecule has 0 radical (unpaired) electrons. The van der Waals surface area contributed by atoms with Crippen LogP contribution in [0.1, 0.15) is 20.3 Å². The highest BCUT2D eigenvalue weighted by Crippen LogP contribution is 2.01. The van der Waals surface area contributed by atoms with Crippen molar-refractivity contribution in [3.05, 3.63) is 0 Å². The molecule has 0 fully saturated rings. The third kappa shape index (κ3) is 5.43. The summed E-state index contributed by atoms with van der Waals surface area (Å²) in [7, 11) is 0. The Morgan fingerprint density at radius 1 is 1.58 bits per heavy atom. The minimum atomic E-state index is -0.458. The second-order valence-electron chi connectivity index (χ2n) is 2.87. The second-order valence-corrected chi connectivity index (χ2v) is 3.86. The quantitative estimate of drug-likeness (QED) is 0.659. The monoisotopic (exact) mass is 191 g/mol. The van der Waals surface area contributed by atoms with Crippen LogP contribution in [0.3, 0.4) is 0 Å². The van der Waals surface area contributed by atoms with Gasteiger partial charge < -0.3 is 10.5 Å². The summed E-state index contributed by atoms with van der Waals surface area (Å²) < 4.78 is 4.94. The maximum atomic E-state index is 11.1. The highest BCUT2D eigenvalue weighted by atomic mass is 32.2. The van der Waals surface area contributed by atoms with E-state index in [0.717, 1.165) is 5.75 Å². The Hall–Kier alpha value is -0.220. The minimum Gasteiger partial charge on any atom is -0.462 e. The normalized spacial score (nSPS) is 13.1. The maximum absolute atomic E-state index is 11.1. The number of carbonyl (C=O) groups is 1. The third-order valence-corrected chi connectivity index (χ3v) is 1.93. The third-order valence-electron chi connectivity index (χ3n) is 1.29. The standard InChI is InChI=1S/C8H17NO2S/c1-6(2)11-8(10)7(9)4-5-12-3/h6-7H,4-5,9H2,1-3H3/t7-/m0/s1. The number of esters is 1. The van der Waals surface area contributed by atoms with Gasteiger partial charge >= 0.3 is 5.97 Å². The molecule has 0 spiro atoms. The number of rotatable bonds is 5. The molecule has 72 valence electrons. The number of hydrogen-bond acceptors (Lipinski definition) is 4. The van der Waals surface area contributed by atoms with Crippen LogP contribution in [0.5, 0.6) is 0 Å². The van der Waals surface area contributed by atoms with Crippen LogP contribution in [0.15, 0.2) is 0 Å². The fraction of sp³-hybridized carbons (Fsp3) is 0.875. The number of thioether (sulfide) groups is 1. The Morgan fingerprint density at radius 3 is 2.58 bits per heavy atom. The van der Waals surface area contributed by atoms with Crippen LogP contribution in [0.2, 0.25) is 0 Å². The molecule has 4 heteroatoms. The first-order chi connectivity index (χ1) is 5.57. The average Bonchev–Trinajstić information content (AvgIpc) is 1.98. The van der Waals surface area contributed by atoms with Crippen molar-refractivity contribution in [3.8, 4) is 0 Å². The van der Waals surface area contributed by atoms with Crippen LogP contribution < -0.4 is 5.73 Å². The topological polar surface area (TPSA) is 52.3 Å². The van der Waals surface area contributed by atoms with Crippen LogP contribution in [-0.2, 0) is 9.53 Å². The summed E-state index contributed by atoms with van der Waals surface area (Å²) in [6, 6.07) is -0.458. The zero-order chi connectivity index (χ0) is 9.56. The van der Waals surface area contributed by atoms with E-state index in [-0.39, 0.29) is 12.1 Å². The van der Waals surface area contributed by atoms with Crippen LogP contribution >= 0.6 is 11.8 Å². The molecular formula is C8H17NO2S. The van der Waals surface area contributed by atoms with Crippen molar-refractivity contribution in [1.29, 1.82) is 0 Å². The van der Waals surface area contributed by atoms with Gasteiger partial charge in [-0.15, -0.1) is 0 Å². The lowest BCUT2D eigenvalue weighted by atomic mass is 10.2. The summed E-state index contributed by atoms with van der Waals surface area (Å²) in [6.45, 7) is 3.64. The molecule has 0 aliphatic carbocycles. The summed E-state index contributed by atoms with van der Waals surface area (Å²) in [5.74, 6) is 0.605. The first-order valence-corrected chi connectivity index (χ1v) is 5.42. The molecule has 0 saturated carbocycles. The molecule has 3 nitrogen and oxygen atoms in total. The van der Waals surface area contributed by atoms with Crippen molar-refractivity contribution in [1.82, 2.24) is 0 Å². The summed E-state index contributed by atoms with van der Waals surface area (Å²) in [5, 5.41) is 0. The molecule has 0 aliphatic rings. The van der Waals surface area contributed by atoms with Crippen molar-refractivity contribution in [2.24, 2.45) is 5.73 Å². The van der Waals surface area contributed by atoms with Gasteiger partial charge in [0.25, 0.3) is 0 Å². The molecule has 0 rings (SSSR count). The molecule has 0 bridgehead atoms. The summed E-state index contributed by atoms with van der Waals surface area (Å²) in [5.41, 5.74) is 5.56. The molecule has 0 saturated heterocycles. The lowest BCUT2D eigenvalue weighted by Gasteiger charge is -2.12. The fourth-order valence-corrected chi connectivity index (χ4v) is 1.17. The molecule has 0 aromatic carbocycles. The molecule has 0 heterocycles. The van der Waals surface area contributed by atoms with E-state index in [1.807, 2.05) is 20.1 Å². The molecule has 0 aliphatic heterocycles. The molecule has 1 atom stereocenters. The Balaban J connectivity index is 3.61. The van der Waals surface area contributed by atoms with Gasteiger partial charge in [0.05, 0.1) is 6.10 Å². The van der Waals surface area contributed by atoms with E-state index in [0.29, 0.717) is 6.42 Å². The van der Waals surface area contributed by atoms with Crippen LogP contribution in [-0.4, -0.2) is 30.1 Å². The zero-order valence-corrected chi connectivity index (χ0v) is 8.69. The van der Waals surface area contributed by atoms with Gasteiger partial charge in [0.1, 0.15) is 6.04 Å². The first kappa shape index (κ1) is 11.8. The summed E-state index contributed by atoms with van der Waals surface area (Å²) in [4.78, 5) is 11.1. The molecule has 0 aromatic rings. The zero-order valence-electron chi connectivity index (χ0n) is 7.87. The average molecular weight is 191 g/mol. The predicted octanol–water partition coefficient (Wildman–Crippen LogP) is 1.02. The molecule has 0 aromatic heterocycles. The molecule has 12 heavy (non-hydrogen) atoms. The lowest BCUT2D eigenvalue weighted by molar-refractivity contribution is -0.149. The maximum Gasteiger partial charge on any atom is 0.323 e. The first-order valence-electron chi connectivity index (χ1n) is 4.03. The Labute approximate surface area is 78.0 Å². The van der Waals surface area contributed by atoms with Gasteiger partial charge in [0.2, 0.25) is 0 Å². The van der Waals surface area contributed by atoms with E-state index < -0.39 is 6.04 Å². The van der Waals surface area contributed by atoms with Crippen molar-refractivity contribution in [2.75, 3.05) is 12.0 Å². The molecule has 0 amide bonds. The van der Waals surface area contributed by atoms with E-state index in [2.05, 4.69) is 0 Å². The fourth-order valence-electron chi connectivity index (χ4n) is 0.682. The van der Waals surface area contributed by atoms with E-state index >= 15 is 0 Å². The molecule has 2 N–H and O–H groups in total. The number of nitrogens with two attached hydrogens (primary N) is 1. The van der Waals surface area contributed by atoms with Crippen molar-refractivity contribution >= 4 is 17.7 Å². The molecule has 0 unspecified atom stereocenters. The van der Waals surface area contributed by atoms with Gasteiger partial charge in [-0.1, -0.05) is 0 Å². The van der Waals surface area contributed by atoms with Gasteiger partial charge in [-0.3, -0.25) is 4.79 Å². The van der Waals surface area contributed by atoms with Crippen LogP contribution in [0.4, 0.5) is 0 Å². The van der Waals surface area contributed by atoms with Crippen molar-refractivity contribution in [2.45, 2.75) is 32.4 Å². The summed E-state index contributed by atoms with van der Waals surface area (Å²) in [6.07, 6.45) is 2.60. The number of ether oxygens (including phenoxy) is 1. The number of hydrogen-bond donors (Lipinski definition) is 1. The smallest absolute Gasteiger partial charge is 0.323 e. The highest BCUT2D eigenvalue weighted by Gasteiger charge is 2.15. The second kappa shape index (κ2) is 6.31. The SMILES string of the molecule is CSCC[C@H](N)C(=O)OC(C)C. The van der Waals surface area contributed by atoms with Gasteiger partial charge in [-0.25, -0.2) is 0 Å². The van der Waals surface area contributed by atoms with E-state index in [1.54, 1.807) is 11.8 Å². The van der Waals surface area contributed by atoms with Crippen LogP contribution in [0, 0.1) is 0 Å². The van der Waals surface area contributed by atoms with Gasteiger partial charge in [0, 0.05) is 0 Å². The summed E-state index contributed by atoms with van der Waals surface area (Å²) >= 11 is 1.68. The predicted molar refractivity (Wildman–Crippen MR) is 52.2 cm³/mol. The largest absolute Gasteiger partial charge is 0.462 e. The Bertz CT molecular complexity index is 139. The highest BCUT2D eigenvalue weighted by molar-refractivity contribution is 7.98. The van der Waals surface area contributed by atoms with E-state index in [1.165, 1.54) is 0 Å². The van der Waals surface area contributed by atoms with Gasteiger partial charge in [0.15, 0.2) is 0 Å². The minimum absolute atomic E-state index is 0.0715. The lowest BCUT2D eigenvalue weighted by Crippen LogP contribution is -2.34. The van der Waals surface area contributed by atoms with Gasteiger partial charge in [-0.05, 0) is 32.3 Å². The van der Waals surface area contributed by atoms with Crippen molar-refractivity contribution < 1.29 is 9.53 Å². The molecular weight excluding hydrogens is 174 g/mol. The van der Waals surface area contributed by atoms with E-state index in [9.17, 15) is 4.79 Å². The van der Waals surface area contributed by atoms with Crippen LogP contribution in [0.25, 0.3) is 0 Å². The van der Waals surface area contributed by atoms with Gasteiger partial charge in [-0.2, -0.15) is 11.8 Å².